The van der Waals surface area contributed by atoms with Crippen LogP contribution < -0.4 is 14.2 Å². The largest absolute Gasteiger partial charge is 0.497 e. The topological polar surface area (TPSA) is 64.6 Å². The van der Waals surface area contributed by atoms with E-state index in [1.165, 1.54) is 5.56 Å². The summed E-state index contributed by atoms with van der Waals surface area (Å²) in [5.41, 5.74) is 3.15. The van der Waals surface area contributed by atoms with E-state index in [0.717, 1.165) is 30.4 Å². The van der Waals surface area contributed by atoms with Crippen LogP contribution >= 0.6 is 0 Å². The van der Waals surface area contributed by atoms with E-state index in [1.54, 1.807) is 44.6 Å². The zero-order chi connectivity index (χ0) is 17.2. The SMILES string of the molecule is COc1ccc(CNS(=O)(=O)c2ccc3c(c2)CCC3)c(OC)c1. The monoisotopic (exact) mass is 347 g/mol. The molecule has 0 atom stereocenters. The number of benzene rings is 2. The van der Waals surface area contributed by atoms with Crippen molar-refractivity contribution in [3.8, 4) is 11.5 Å². The first-order valence-corrected chi connectivity index (χ1v) is 9.34. The minimum atomic E-state index is -3.56. The van der Waals surface area contributed by atoms with Gasteiger partial charge < -0.3 is 9.47 Å². The third kappa shape index (κ3) is 3.39. The Balaban J connectivity index is 1.78. The van der Waals surface area contributed by atoms with Gasteiger partial charge in [-0.25, -0.2) is 13.1 Å². The van der Waals surface area contributed by atoms with Gasteiger partial charge in [-0.15, -0.1) is 0 Å². The molecular formula is C18H21NO4S. The quantitative estimate of drug-likeness (QED) is 0.872. The van der Waals surface area contributed by atoms with Gasteiger partial charge in [-0.05, 0) is 48.6 Å². The third-order valence-electron chi connectivity index (χ3n) is 4.33. The smallest absolute Gasteiger partial charge is 0.240 e. The molecule has 0 fully saturated rings. The molecule has 1 aliphatic carbocycles. The van der Waals surface area contributed by atoms with Gasteiger partial charge >= 0.3 is 0 Å². The van der Waals surface area contributed by atoms with Crippen molar-refractivity contribution >= 4 is 10.0 Å². The maximum absolute atomic E-state index is 12.6. The lowest BCUT2D eigenvalue weighted by atomic mass is 10.1. The Morgan fingerprint density at radius 1 is 1.00 bits per heavy atom. The van der Waals surface area contributed by atoms with Gasteiger partial charge in [-0.2, -0.15) is 0 Å². The molecular weight excluding hydrogens is 326 g/mol. The fourth-order valence-electron chi connectivity index (χ4n) is 2.97. The van der Waals surface area contributed by atoms with Crippen LogP contribution in [0.25, 0.3) is 0 Å². The first-order chi connectivity index (χ1) is 11.5. The Labute approximate surface area is 142 Å². The molecule has 0 saturated heterocycles. The lowest BCUT2D eigenvalue weighted by Gasteiger charge is -2.12. The molecule has 3 rings (SSSR count). The Bertz CT molecular complexity index is 846. The molecule has 128 valence electrons. The van der Waals surface area contributed by atoms with Crippen molar-refractivity contribution in [1.82, 2.24) is 4.72 Å². The molecule has 0 saturated carbocycles. The van der Waals surface area contributed by atoms with Gasteiger partial charge in [0.25, 0.3) is 0 Å². The molecule has 6 heteroatoms. The highest BCUT2D eigenvalue weighted by Gasteiger charge is 2.19. The summed E-state index contributed by atoms with van der Waals surface area (Å²) in [4.78, 5) is 0.315. The first-order valence-electron chi connectivity index (χ1n) is 7.86. The summed E-state index contributed by atoms with van der Waals surface area (Å²) >= 11 is 0. The van der Waals surface area contributed by atoms with Crippen LogP contribution in [0.4, 0.5) is 0 Å². The summed E-state index contributed by atoms with van der Waals surface area (Å²) < 4.78 is 38.2. The molecule has 1 aliphatic rings. The number of aryl methyl sites for hydroxylation is 2. The fraction of sp³-hybridized carbons (Fsp3) is 0.333. The minimum absolute atomic E-state index is 0.159. The van der Waals surface area contributed by atoms with Crippen molar-refractivity contribution < 1.29 is 17.9 Å². The molecule has 0 amide bonds. The highest BCUT2D eigenvalue weighted by atomic mass is 32.2. The van der Waals surface area contributed by atoms with Crippen molar-refractivity contribution in [3.63, 3.8) is 0 Å². The van der Waals surface area contributed by atoms with E-state index in [2.05, 4.69) is 4.72 Å². The highest BCUT2D eigenvalue weighted by Crippen LogP contribution is 2.26. The normalized spacial score (nSPS) is 13.6. The number of hydrogen-bond acceptors (Lipinski definition) is 4. The number of ether oxygens (including phenoxy) is 2. The average Bonchev–Trinajstić information content (AvgIpc) is 3.07. The third-order valence-corrected chi connectivity index (χ3v) is 5.73. The molecule has 2 aromatic carbocycles. The van der Waals surface area contributed by atoms with E-state index in [1.807, 2.05) is 6.07 Å². The molecule has 0 heterocycles. The van der Waals surface area contributed by atoms with Crippen molar-refractivity contribution in [1.29, 1.82) is 0 Å². The van der Waals surface area contributed by atoms with Crippen molar-refractivity contribution in [3.05, 3.63) is 53.1 Å². The molecule has 24 heavy (non-hydrogen) atoms. The molecule has 0 bridgehead atoms. The number of sulfonamides is 1. The zero-order valence-electron chi connectivity index (χ0n) is 13.8. The molecule has 5 nitrogen and oxygen atoms in total. The van der Waals surface area contributed by atoms with E-state index in [9.17, 15) is 8.42 Å². The summed E-state index contributed by atoms with van der Waals surface area (Å²) in [6, 6.07) is 10.7. The molecule has 0 spiro atoms. The Kier molecular flexibility index (Phi) is 4.78. The van der Waals surface area contributed by atoms with Crippen molar-refractivity contribution in [2.75, 3.05) is 14.2 Å². The fourth-order valence-corrected chi connectivity index (χ4v) is 4.03. The lowest BCUT2D eigenvalue weighted by Crippen LogP contribution is -2.23. The molecule has 0 aromatic heterocycles. The van der Waals surface area contributed by atoms with Crippen LogP contribution in [0.1, 0.15) is 23.1 Å². The number of rotatable bonds is 6. The van der Waals surface area contributed by atoms with Gasteiger partial charge in [0, 0.05) is 18.2 Å². The van der Waals surface area contributed by atoms with Crippen LogP contribution in [0, 0.1) is 0 Å². The van der Waals surface area contributed by atoms with Gasteiger partial charge in [0.2, 0.25) is 10.0 Å². The van der Waals surface area contributed by atoms with Crippen LogP contribution in [-0.4, -0.2) is 22.6 Å². The maximum Gasteiger partial charge on any atom is 0.240 e. The summed E-state index contributed by atoms with van der Waals surface area (Å²) in [6.07, 6.45) is 3.08. The Morgan fingerprint density at radius 2 is 1.79 bits per heavy atom. The van der Waals surface area contributed by atoms with Gasteiger partial charge in [0.1, 0.15) is 11.5 Å². The second-order valence-corrected chi connectivity index (χ2v) is 7.55. The summed E-state index contributed by atoms with van der Waals surface area (Å²) in [5, 5.41) is 0. The van der Waals surface area contributed by atoms with E-state index in [-0.39, 0.29) is 6.54 Å². The molecule has 1 N–H and O–H groups in total. The van der Waals surface area contributed by atoms with Crippen molar-refractivity contribution in [2.45, 2.75) is 30.7 Å². The summed E-state index contributed by atoms with van der Waals surface area (Å²) in [6.45, 7) is 0.159. The predicted molar refractivity (Wildman–Crippen MR) is 92.0 cm³/mol. The van der Waals surface area contributed by atoms with Crippen LogP contribution in [0.2, 0.25) is 0 Å². The van der Waals surface area contributed by atoms with E-state index < -0.39 is 10.0 Å². The number of hydrogen-bond donors (Lipinski definition) is 1. The number of fused-ring (bicyclic) bond motifs is 1. The predicted octanol–water partition coefficient (Wildman–Crippen LogP) is 2.67. The molecule has 0 aliphatic heterocycles. The van der Waals surface area contributed by atoms with E-state index in [0.29, 0.717) is 16.4 Å². The van der Waals surface area contributed by atoms with Crippen LogP contribution in [0.15, 0.2) is 41.3 Å². The van der Waals surface area contributed by atoms with Crippen molar-refractivity contribution in [2.24, 2.45) is 0 Å². The van der Waals surface area contributed by atoms with E-state index >= 15 is 0 Å². The Morgan fingerprint density at radius 3 is 2.54 bits per heavy atom. The van der Waals surface area contributed by atoms with Gasteiger partial charge in [0.15, 0.2) is 0 Å². The Hall–Kier alpha value is -2.05. The van der Waals surface area contributed by atoms with Crippen LogP contribution in [0.5, 0.6) is 11.5 Å². The zero-order valence-corrected chi connectivity index (χ0v) is 14.7. The van der Waals surface area contributed by atoms with E-state index in [4.69, 9.17) is 9.47 Å². The highest BCUT2D eigenvalue weighted by molar-refractivity contribution is 7.89. The van der Waals surface area contributed by atoms with Gasteiger partial charge in [0.05, 0.1) is 19.1 Å². The average molecular weight is 347 g/mol. The molecule has 2 aromatic rings. The maximum atomic E-state index is 12.6. The number of methoxy groups -OCH3 is 2. The summed E-state index contributed by atoms with van der Waals surface area (Å²) in [5.74, 6) is 1.25. The van der Waals surface area contributed by atoms with Gasteiger partial charge in [-0.3, -0.25) is 0 Å². The molecule has 0 unspecified atom stereocenters. The molecule has 0 radical (unpaired) electrons. The van der Waals surface area contributed by atoms with Crippen LogP contribution in [-0.2, 0) is 29.4 Å². The summed E-state index contributed by atoms with van der Waals surface area (Å²) in [7, 11) is -0.434. The lowest BCUT2D eigenvalue weighted by molar-refractivity contribution is 0.390. The second kappa shape index (κ2) is 6.83. The number of nitrogens with one attached hydrogen (secondary N) is 1. The first kappa shape index (κ1) is 16.8. The second-order valence-electron chi connectivity index (χ2n) is 5.79. The minimum Gasteiger partial charge on any atom is -0.497 e. The standard InChI is InChI=1S/C18H21NO4S/c1-22-16-8-6-15(18(11-16)23-2)12-19-24(20,21)17-9-7-13-4-3-5-14(13)10-17/h6-11,19H,3-5,12H2,1-2H3. The van der Waals surface area contributed by atoms with Crippen LogP contribution in [0.3, 0.4) is 0 Å². The van der Waals surface area contributed by atoms with Gasteiger partial charge in [-0.1, -0.05) is 12.1 Å².